The van der Waals surface area contributed by atoms with Crippen LogP contribution in [0.4, 0.5) is 0 Å². The molecule has 0 saturated heterocycles. The molecule has 4 N–H and O–H groups in total. The number of ether oxygens (including phenoxy) is 1. The molecule has 9 heteroatoms. The Morgan fingerprint density at radius 1 is 0.973 bits per heavy atom. The van der Waals surface area contributed by atoms with Gasteiger partial charge in [0.2, 0.25) is 11.2 Å². The molecule has 2 aromatic carbocycles. The highest BCUT2D eigenvalue weighted by molar-refractivity contribution is 5.98. The minimum atomic E-state index is -0.793. The standard InChI is InChI=1S/C28H33NO8/c1-13(2)11-18-22(30)25(33)24(32)21-23(31)20(15(5)37-26(18)21)16-7-9-17(10-8-16)27(34)29-19(12-14(3)4)28(35)36-6/h7-10,13-14,19,30,32-33H,11-12H2,1-6H3,(H,29,34)/t19-/m0/s1. The van der Waals surface area contributed by atoms with E-state index >= 15 is 0 Å². The molecule has 0 radical (unpaired) electrons. The number of hydrogen-bond donors (Lipinski definition) is 4. The van der Waals surface area contributed by atoms with Crippen molar-refractivity contribution in [2.24, 2.45) is 11.8 Å². The van der Waals surface area contributed by atoms with Gasteiger partial charge < -0.3 is 29.8 Å². The lowest BCUT2D eigenvalue weighted by Crippen LogP contribution is -2.42. The summed E-state index contributed by atoms with van der Waals surface area (Å²) in [6, 6.07) is 5.34. The molecular weight excluding hydrogens is 478 g/mol. The highest BCUT2D eigenvalue weighted by atomic mass is 16.5. The van der Waals surface area contributed by atoms with Crippen molar-refractivity contribution in [2.75, 3.05) is 7.11 Å². The fraction of sp³-hybridized carbons (Fsp3) is 0.393. The van der Waals surface area contributed by atoms with Gasteiger partial charge in [0, 0.05) is 11.1 Å². The molecule has 0 spiro atoms. The van der Waals surface area contributed by atoms with Gasteiger partial charge in [-0.25, -0.2) is 4.79 Å². The fourth-order valence-electron chi connectivity index (χ4n) is 4.34. The number of methoxy groups -OCH3 is 1. The number of carbonyl (C=O) groups excluding carboxylic acids is 2. The molecule has 0 fully saturated rings. The van der Waals surface area contributed by atoms with Gasteiger partial charge in [-0.05, 0) is 49.3 Å². The van der Waals surface area contributed by atoms with E-state index in [-0.39, 0.29) is 45.3 Å². The lowest BCUT2D eigenvalue weighted by Gasteiger charge is -2.18. The number of hydrogen-bond acceptors (Lipinski definition) is 8. The first-order valence-corrected chi connectivity index (χ1v) is 12.1. The summed E-state index contributed by atoms with van der Waals surface area (Å²) in [5.41, 5.74) is 0.505. The van der Waals surface area contributed by atoms with Gasteiger partial charge >= 0.3 is 5.97 Å². The maximum Gasteiger partial charge on any atom is 0.328 e. The van der Waals surface area contributed by atoms with Crippen LogP contribution in [0.2, 0.25) is 0 Å². The molecular formula is C28H33NO8. The number of aryl methyl sites for hydroxylation is 1. The van der Waals surface area contributed by atoms with E-state index in [0.29, 0.717) is 18.4 Å². The van der Waals surface area contributed by atoms with Crippen molar-refractivity contribution >= 4 is 22.8 Å². The first-order valence-electron chi connectivity index (χ1n) is 12.1. The van der Waals surface area contributed by atoms with Gasteiger partial charge in [-0.1, -0.05) is 39.8 Å². The van der Waals surface area contributed by atoms with Crippen LogP contribution in [0.5, 0.6) is 17.2 Å². The van der Waals surface area contributed by atoms with E-state index in [1.165, 1.54) is 19.2 Å². The molecule has 0 aliphatic heterocycles. The average Bonchev–Trinajstić information content (AvgIpc) is 2.84. The summed E-state index contributed by atoms with van der Waals surface area (Å²) in [7, 11) is 1.26. The maximum atomic E-state index is 13.5. The number of benzene rings is 2. The Morgan fingerprint density at radius 2 is 1.59 bits per heavy atom. The zero-order valence-electron chi connectivity index (χ0n) is 21.8. The maximum absolute atomic E-state index is 13.5. The Hall–Kier alpha value is -4.01. The molecule has 1 amide bonds. The number of amides is 1. The third-order valence-electron chi connectivity index (χ3n) is 6.08. The quantitative estimate of drug-likeness (QED) is 0.257. The number of aromatic hydroxyl groups is 3. The van der Waals surface area contributed by atoms with Gasteiger partial charge in [0.05, 0.1) is 12.7 Å². The monoisotopic (exact) mass is 511 g/mol. The van der Waals surface area contributed by atoms with E-state index in [1.807, 2.05) is 27.7 Å². The van der Waals surface area contributed by atoms with Crippen molar-refractivity contribution in [1.29, 1.82) is 0 Å². The molecule has 3 rings (SSSR count). The summed E-state index contributed by atoms with van der Waals surface area (Å²) in [4.78, 5) is 38.3. The highest BCUT2D eigenvalue weighted by Crippen LogP contribution is 2.45. The van der Waals surface area contributed by atoms with Crippen LogP contribution in [0.1, 0.15) is 55.8 Å². The van der Waals surface area contributed by atoms with Crippen molar-refractivity contribution in [2.45, 2.75) is 53.5 Å². The number of fused-ring (bicyclic) bond motifs is 1. The van der Waals surface area contributed by atoms with Crippen LogP contribution >= 0.6 is 0 Å². The normalized spacial score (nSPS) is 12.2. The molecule has 1 aromatic heterocycles. The number of rotatable bonds is 8. The van der Waals surface area contributed by atoms with Crippen LogP contribution in [-0.4, -0.2) is 40.3 Å². The smallest absolute Gasteiger partial charge is 0.328 e. The van der Waals surface area contributed by atoms with E-state index in [1.54, 1.807) is 19.1 Å². The minimum Gasteiger partial charge on any atom is -0.504 e. The second-order valence-corrected chi connectivity index (χ2v) is 9.94. The van der Waals surface area contributed by atoms with Crippen molar-refractivity contribution < 1.29 is 34.1 Å². The van der Waals surface area contributed by atoms with Crippen LogP contribution in [0, 0.1) is 18.8 Å². The van der Waals surface area contributed by atoms with Crippen LogP contribution < -0.4 is 10.7 Å². The lowest BCUT2D eigenvalue weighted by molar-refractivity contribution is -0.143. The molecule has 1 atom stereocenters. The Kier molecular flexibility index (Phi) is 8.15. The largest absolute Gasteiger partial charge is 0.504 e. The molecule has 9 nitrogen and oxygen atoms in total. The Labute approximate surface area is 214 Å². The Morgan fingerprint density at radius 3 is 2.14 bits per heavy atom. The molecule has 198 valence electrons. The van der Waals surface area contributed by atoms with Gasteiger partial charge in [-0.2, -0.15) is 0 Å². The minimum absolute atomic E-state index is 0.0164. The second kappa shape index (κ2) is 10.9. The molecule has 0 aliphatic carbocycles. The first kappa shape index (κ1) is 27.6. The second-order valence-electron chi connectivity index (χ2n) is 9.94. The summed E-state index contributed by atoms with van der Waals surface area (Å²) in [5.74, 6) is -2.60. The summed E-state index contributed by atoms with van der Waals surface area (Å²) < 4.78 is 10.7. The van der Waals surface area contributed by atoms with Crippen LogP contribution in [-0.2, 0) is 16.0 Å². The van der Waals surface area contributed by atoms with Gasteiger partial charge in [-0.3, -0.25) is 9.59 Å². The van der Waals surface area contributed by atoms with E-state index in [0.717, 1.165) is 0 Å². The number of nitrogens with one attached hydrogen (secondary N) is 1. The third kappa shape index (κ3) is 5.55. The summed E-state index contributed by atoms with van der Waals surface area (Å²) in [5, 5.41) is 33.6. The fourth-order valence-corrected chi connectivity index (χ4v) is 4.34. The van der Waals surface area contributed by atoms with E-state index in [4.69, 9.17) is 9.15 Å². The summed E-state index contributed by atoms with van der Waals surface area (Å²) >= 11 is 0. The van der Waals surface area contributed by atoms with Crippen molar-refractivity contribution in [3.8, 4) is 28.4 Å². The molecule has 0 bridgehead atoms. The first-order chi connectivity index (χ1) is 17.4. The van der Waals surface area contributed by atoms with E-state index in [2.05, 4.69) is 5.32 Å². The van der Waals surface area contributed by atoms with Gasteiger partial charge in [0.15, 0.2) is 11.5 Å². The number of phenolic OH excluding ortho intramolecular Hbond substituents is 3. The van der Waals surface area contributed by atoms with Crippen molar-refractivity contribution in [1.82, 2.24) is 5.32 Å². The number of esters is 1. The molecule has 1 heterocycles. The van der Waals surface area contributed by atoms with Crippen LogP contribution in [0.25, 0.3) is 22.1 Å². The zero-order chi connectivity index (χ0) is 27.6. The predicted molar refractivity (Wildman–Crippen MR) is 139 cm³/mol. The van der Waals surface area contributed by atoms with E-state index in [9.17, 15) is 29.7 Å². The highest BCUT2D eigenvalue weighted by Gasteiger charge is 2.26. The third-order valence-corrected chi connectivity index (χ3v) is 6.08. The summed E-state index contributed by atoms with van der Waals surface area (Å²) in [6.45, 7) is 9.26. The van der Waals surface area contributed by atoms with Gasteiger partial charge in [0.1, 0.15) is 22.8 Å². The number of phenols is 3. The molecule has 0 saturated carbocycles. The van der Waals surface area contributed by atoms with Crippen LogP contribution in [0.15, 0.2) is 33.5 Å². The van der Waals surface area contributed by atoms with Gasteiger partial charge in [0.25, 0.3) is 5.91 Å². The topological polar surface area (TPSA) is 146 Å². The lowest BCUT2D eigenvalue weighted by atomic mass is 9.95. The SMILES string of the molecule is COC(=O)[C@H](CC(C)C)NC(=O)c1ccc(-c2c(C)oc3c(CC(C)C)c(O)c(O)c(O)c3c2=O)cc1. The van der Waals surface area contributed by atoms with Crippen LogP contribution in [0.3, 0.4) is 0 Å². The summed E-state index contributed by atoms with van der Waals surface area (Å²) in [6.07, 6.45) is 0.726. The predicted octanol–water partition coefficient (Wildman–Crippen LogP) is 4.40. The average molecular weight is 512 g/mol. The molecule has 37 heavy (non-hydrogen) atoms. The molecule has 0 aliphatic rings. The Balaban J connectivity index is 2.04. The van der Waals surface area contributed by atoms with Gasteiger partial charge in [-0.15, -0.1) is 0 Å². The zero-order valence-corrected chi connectivity index (χ0v) is 21.8. The Bertz CT molecular complexity index is 1390. The molecule has 0 unspecified atom stereocenters. The molecule has 3 aromatic rings. The number of carbonyl (C=O) groups is 2. The van der Waals surface area contributed by atoms with Crippen molar-refractivity contribution in [3.05, 3.63) is 51.4 Å². The van der Waals surface area contributed by atoms with Crippen molar-refractivity contribution in [3.63, 3.8) is 0 Å². The van der Waals surface area contributed by atoms with E-state index < -0.39 is 40.6 Å².